The third-order valence-corrected chi connectivity index (χ3v) is 3.09. The third kappa shape index (κ3) is 1.80. The zero-order valence-electron chi connectivity index (χ0n) is 7.59. The summed E-state index contributed by atoms with van der Waals surface area (Å²) in [5.74, 6) is -0.397. The highest BCUT2D eigenvalue weighted by Gasteiger charge is 2.47. The van der Waals surface area contributed by atoms with Gasteiger partial charge in [0.25, 0.3) is 0 Å². The van der Waals surface area contributed by atoms with E-state index in [4.69, 9.17) is 11.6 Å². The molecule has 0 radical (unpaired) electrons. The van der Waals surface area contributed by atoms with Crippen LogP contribution in [-0.2, 0) is 11.2 Å². The van der Waals surface area contributed by atoms with Crippen LogP contribution < -0.4 is 0 Å². The Morgan fingerprint density at radius 2 is 2.07 bits per heavy atom. The molecule has 1 saturated carbocycles. The van der Waals surface area contributed by atoms with Gasteiger partial charge in [0.05, 0.1) is 0 Å². The molecule has 0 unspecified atom stereocenters. The molecule has 0 aromatic heterocycles. The fourth-order valence-electron chi connectivity index (χ4n) is 1.36. The van der Waals surface area contributed by atoms with Crippen LogP contribution in [-0.4, -0.2) is 10.7 Å². The first-order chi connectivity index (χ1) is 6.62. The average molecular weight is 213 g/mol. The molecule has 1 fully saturated rings. The van der Waals surface area contributed by atoms with Gasteiger partial charge < -0.3 is 0 Å². The molecule has 1 aromatic rings. The number of carbonyl (C=O) groups excluding carboxylic acids is 1. The van der Waals surface area contributed by atoms with Crippen molar-refractivity contribution in [1.29, 1.82) is 0 Å². The lowest BCUT2D eigenvalue weighted by Gasteiger charge is -2.05. The zero-order chi connectivity index (χ0) is 10.2. The van der Waals surface area contributed by atoms with Crippen LogP contribution >= 0.6 is 11.6 Å². The molecule has 0 spiro atoms. The van der Waals surface area contributed by atoms with Gasteiger partial charge in [-0.1, -0.05) is 18.2 Å². The molecule has 74 valence electrons. The van der Waals surface area contributed by atoms with Crippen LogP contribution in [0.15, 0.2) is 24.3 Å². The van der Waals surface area contributed by atoms with Crippen LogP contribution in [0.25, 0.3) is 0 Å². The Balaban J connectivity index is 2.11. The highest BCUT2D eigenvalue weighted by molar-refractivity contribution is 6.37. The molecule has 2 rings (SSSR count). The summed E-state index contributed by atoms with van der Waals surface area (Å²) in [6.07, 6.45) is 1.56. The lowest BCUT2D eigenvalue weighted by atomic mass is 10.1. The number of ketones is 1. The molecule has 0 amide bonds. The number of halogens is 2. The molecule has 1 aliphatic carbocycles. The Morgan fingerprint density at radius 3 is 2.64 bits per heavy atom. The first-order valence-corrected chi connectivity index (χ1v) is 4.95. The average Bonchev–Trinajstić information content (AvgIpc) is 2.89. The molecule has 3 heteroatoms. The summed E-state index contributed by atoms with van der Waals surface area (Å²) in [7, 11) is 0. The fraction of sp³-hybridized carbons (Fsp3) is 0.364. The van der Waals surface area contributed by atoms with Crippen molar-refractivity contribution in [2.45, 2.75) is 24.1 Å². The van der Waals surface area contributed by atoms with Crippen LogP contribution in [0.3, 0.4) is 0 Å². The lowest BCUT2D eigenvalue weighted by Crippen LogP contribution is -2.18. The summed E-state index contributed by atoms with van der Waals surface area (Å²) in [6.45, 7) is 0. The smallest absolute Gasteiger partial charge is 0.158 e. The maximum Gasteiger partial charge on any atom is 0.158 e. The number of alkyl halides is 1. The van der Waals surface area contributed by atoms with Crippen molar-refractivity contribution in [3.05, 3.63) is 35.6 Å². The van der Waals surface area contributed by atoms with E-state index in [9.17, 15) is 9.18 Å². The van der Waals surface area contributed by atoms with E-state index in [1.165, 1.54) is 6.07 Å². The van der Waals surface area contributed by atoms with E-state index in [-0.39, 0.29) is 18.0 Å². The van der Waals surface area contributed by atoms with Gasteiger partial charge in [0.1, 0.15) is 10.7 Å². The van der Waals surface area contributed by atoms with E-state index in [1.807, 2.05) is 0 Å². The Kier molecular flexibility index (Phi) is 2.31. The van der Waals surface area contributed by atoms with Crippen molar-refractivity contribution in [3.8, 4) is 0 Å². The molecule has 0 atom stereocenters. The van der Waals surface area contributed by atoms with Gasteiger partial charge in [-0.15, -0.1) is 11.6 Å². The molecule has 1 aliphatic rings. The second-order valence-corrected chi connectivity index (χ2v) is 4.38. The second kappa shape index (κ2) is 3.35. The van der Waals surface area contributed by atoms with Gasteiger partial charge in [0, 0.05) is 6.42 Å². The summed E-state index contributed by atoms with van der Waals surface area (Å²) in [4.78, 5) is 10.9. The molecule has 0 N–H and O–H groups in total. The van der Waals surface area contributed by atoms with Crippen molar-refractivity contribution < 1.29 is 9.18 Å². The lowest BCUT2D eigenvalue weighted by molar-refractivity contribution is -0.118. The fourth-order valence-corrected chi connectivity index (χ4v) is 1.52. The summed E-state index contributed by atoms with van der Waals surface area (Å²) in [6, 6.07) is 6.31. The molecular weight excluding hydrogens is 203 g/mol. The highest BCUT2D eigenvalue weighted by Crippen LogP contribution is 2.44. The number of rotatable bonds is 3. The Bertz CT molecular complexity index is 371. The molecule has 1 aromatic carbocycles. The monoisotopic (exact) mass is 212 g/mol. The predicted octanol–water partition coefficient (Wildman–Crippen LogP) is 2.71. The molecular formula is C11H10ClFO. The Morgan fingerprint density at radius 1 is 1.43 bits per heavy atom. The van der Waals surface area contributed by atoms with Gasteiger partial charge in [0.2, 0.25) is 0 Å². The summed E-state index contributed by atoms with van der Waals surface area (Å²) in [5.41, 5.74) is 0.435. The van der Waals surface area contributed by atoms with Crippen molar-refractivity contribution >= 4 is 17.4 Å². The molecule has 0 bridgehead atoms. The van der Waals surface area contributed by atoms with Gasteiger partial charge in [-0.2, -0.15) is 0 Å². The first kappa shape index (κ1) is 9.66. The van der Waals surface area contributed by atoms with Gasteiger partial charge in [-0.3, -0.25) is 4.79 Å². The number of benzene rings is 1. The van der Waals surface area contributed by atoms with Crippen molar-refractivity contribution in [2.75, 3.05) is 0 Å². The number of hydrogen-bond acceptors (Lipinski definition) is 1. The SMILES string of the molecule is O=C(Cc1ccccc1F)C1(Cl)CC1. The minimum Gasteiger partial charge on any atom is -0.297 e. The normalized spacial score (nSPS) is 17.9. The van der Waals surface area contributed by atoms with Crippen molar-refractivity contribution in [2.24, 2.45) is 0 Å². The van der Waals surface area contributed by atoms with Crippen LogP contribution in [0.4, 0.5) is 4.39 Å². The highest BCUT2D eigenvalue weighted by atomic mass is 35.5. The topological polar surface area (TPSA) is 17.1 Å². The predicted molar refractivity (Wildman–Crippen MR) is 52.9 cm³/mol. The van der Waals surface area contributed by atoms with E-state index < -0.39 is 4.87 Å². The van der Waals surface area contributed by atoms with Gasteiger partial charge >= 0.3 is 0 Å². The molecule has 0 aliphatic heterocycles. The minimum atomic E-state index is -0.678. The standard InChI is InChI=1S/C11H10ClFO/c12-11(5-6-11)10(14)7-8-3-1-2-4-9(8)13/h1-4H,5-7H2. The molecule has 14 heavy (non-hydrogen) atoms. The second-order valence-electron chi connectivity index (χ2n) is 3.66. The Hall–Kier alpha value is -0.890. The van der Waals surface area contributed by atoms with E-state index >= 15 is 0 Å². The van der Waals surface area contributed by atoms with E-state index in [2.05, 4.69) is 0 Å². The van der Waals surface area contributed by atoms with Crippen molar-refractivity contribution in [3.63, 3.8) is 0 Å². The van der Waals surface area contributed by atoms with Gasteiger partial charge in [-0.05, 0) is 24.5 Å². The zero-order valence-corrected chi connectivity index (χ0v) is 8.35. The molecule has 0 saturated heterocycles. The van der Waals surface area contributed by atoms with Crippen LogP contribution in [0.5, 0.6) is 0 Å². The van der Waals surface area contributed by atoms with E-state index in [0.717, 1.165) is 12.8 Å². The summed E-state index contributed by atoms with van der Waals surface area (Å²) in [5, 5.41) is 0. The Labute approximate surface area is 86.9 Å². The molecule has 0 heterocycles. The van der Waals surface area contributed by atoms with E-state index in [1.54, 1.807) is 18.2 Å². The van der Waals surface area contributed by atoms with Gasteiger partial charge in [0.15, 0.2) is 5.78 Å². The largest absolute Gasteiger partial charge is 0.297 e. The van der Waals surface area contributed by atoms with Gasteiger partial charge in [-0.25, -0.2) is 4.39 Å². The summed E-state index contributed by atoms with van der Waals surface area (Å²) >= 11 is 5.92. The number of hydrogen-bond donors (Lipinski definition) is 0. The maximum absolute atomic E-state index is 13.2. The maximum atomic E-state index is 13.2. The molecule has 1 nitrogen and oxygen atoms in total. The van der Waals surface area contributed by atoms with Crippen molar-refractivity contribution in [1.82, 2.24) is 0 Å². The van der Waals surface area contributed by atoms with Crippen LogP contribution in [0, 0.1) is 5.82 Å². The van der Waals surface area contributed by atoms with E-state index in [0.29, 0.717) is 5.56 Å². The van der Waals surface area contributed by atoms with Crippen LogP contribution in [0.1, 0.15) is 18.4 Å². The van der Waals surface area contributed by atoms with Crippen LogP contribution in [0.2, 0.25) is 0 Å². The number of Topliss-reactive ketones (excluding diaryl/α,β-unsaturated/α-hetero) is 1. The quantitative estimate of drug-likeness (QED) is 0.705. The number of carbonyl (C=O) groups is 1. The minimum absolute atomic E-state index is 0.0655. The summed E-state index contributed by atoms with van der Waals surface area (Å²) < 4.78 is 13.2. The first-order valence-electron chi connectivity index (χ1n) is 4.57. The third-order valence-electron chi connectivity index (χ3n) is 2.50.